The van der Waals surface area contributed by atoms with Crippen molar-refractivity contribution in [2.75, 3.05) is 33.2 Å². The molecule has 0 spiro atoms. The van der Waals surface area contributed by atoms with Gasteiger partial charge in [0.05, 0.1) is 0 Å². The van der Waals surface area contributed by atoms with Crippen molar-refractivity contribution in [1.82, 2.24) is 9.80 Å². The zero-order valence-electron chi connectivity index (χ0n) is 10.2. The molecule has 92 valence electrons. The SMILES string of the molecule is [B+2]c1ccc(CN2CCN(C)CC2)cc1.[OH-].[OH-]. The van der Waals surface area contributed by atoms with Gasteiger partial charge in [-0.1, -0.05) is 0 Å². The molecular weight excluding hydrogens is 215 g/mol. The van der Waals surface area contributed by atoms with E-state index in [0.29, 0.717) is 0 Å². The minimum Gasteiger partial charge on any atom is -0.870 e. The second-order valence-electron chi connectivity index (χ2n) is 4.32. The summed E-state index contributed by atoms with van der Waals surface area (Å²) in [5, 5.41) is 0. The van der Waals surface area contributed by atoms with Crippen LogP contribution in [0.15, 0.2) is 24.3 Å². The van der Waals surface area contributed by atoms with Crippen LogP contribution in [0.5, 0.6) is 0 Å². The molecule has 0 aromatic heterocycles. The third-order valence-corrected chi connectivity index (χ3v) is 2.98. The largest absolute Gasteiger partial charge is 0.870 e. The number of hydrogen-bond donors (Lipinski definition) is 0. The monoisotopic (exact) mass is 234 g/mol. The number of benzene rings is 1. The summed E-state index contributed by atoms with van der Waals surface area (Å²) < 4.78 is 0. The van der Waals surface area contributed by atoms with E-state index in [4.69, 9.17) is 7.85 Å². The average molecular weight is 234 g/mol. The zero-order valence-corrected chi connectivity index (χ0v) is 10.2. The second kappa shape index (κ2) is 7.45. The molecule has 1 aliphatic heterocycles. The molecule has 1 saturated heterocycles. The van der Waals surface area contributed by atoms with Gasteiger partial charge in [0.2, 0.25) is 0 Å². The Balaban J connectivity index is 0.00000128. The molecule has 1 fully saturated rings. The maximum atomic E-state index is 5.66. The van der Waals surface area contributed by atoms with Gasteiger partial charge in [-0.25, -0.2) is 0 Å². The summed E-state index contributed by atoms with van der Waals surface area (Å²) in [5.41, 5.74) is 2.20. The summed E-state index contributed by atoms with van der Waals surface area (Å²) >= 11 is 0. The Bertz CT molecular complexity index is 311. The van der Waals surface area contributed by atoms with Crippen LogP contribution in [0.2, 0.25) is 0 Å². The molecule has 2 N–H and O–H groups in total. The molecule has 0 saturated carbocycles. The third-order valence-electron chi connectivity index (χ3n) is 2.98. The minimum absolute atomic E-state index is 0. The van der Waals surface area contributed by atoms with Gasteiger partial charge in [-0.15, -0.1) is 0 Å². The van der Waals surface area contributed by atoms with Crippen LogP contribution in [-0.4, -0.2) is 61.8 Å². The van der Waals surface area contributed by atoms with Crippen molar-refractivity contribution in [3.63, 3.8) is 0 Å². The topological polar surface area (TPSA) is 66.5 Å². The smallest absolute Gasteiger partial charge is 0.870 e. The Morgan fingerprint density at radius 2 is 1.53 bits per heavy atom. The predicted octanol–water partition coefficient (Wildman–Crippen LogP) is -0.126. The minimum atomic E-state index is 0. The molecule has 0 unspecified atom stereocenters. The number of nitrogens with zero attached hydrogens (tertiary/aromatic N) is 2. The second-order valence-corrected chi connectivity index (χ2v) is 4.32. The predicted molar refractivity (Wildman–Crippen MR) is 68.5 cm³/mol. The third kappa shape index (κ3) is 4.87. The van der Waals surface area contributed by atoms with Crippen LogP contribution in [0.4, 0.5) is 0 Å². The van der Waals surface area contributed by atoms with E-state index in [2.05, 4.69) is 29.0 Å². The van der Waals surface area contributed by atoms with E-state index < -0.39 is 0 Å². The summed E-state index contributed by atoms with van der Waals surface area (Å²) in [4.78, 5) is 4.87. The van der Waals surface area contributed by atoms with E-state index in [0.717, 1.165) is 12.0 Å². The van der Waals surface area contributed by atoms with E-state index in [-0.39, 0.29) is 11.0 Å². The Morgan fingerprint density at radius 1 is 1.00 bits per heavy atom. The molecular formula is C12H19BN2O2. The summed E-state index contributed by atoms with van der Waals surface area (Å²) in [6.07, 6.45) is 0. The molecule has 1 aliphatic rings. The fourth-order valence-corrected chi connectivity index (χ4v) is 1.89. The van der Waals surface area contributed by atoms with Crippen LogP contribution in [0.3, 0.4) is 0 Å². The van der Waals surface area contributed by atoms with Crippen LogP contribution in [0, 0.1) is 0 Å². The van der Waals surface area contributed by atoms with Gasteiger partial charge in [-0.3, -0.25) is 0 Å². The van der Waals surface area contributed by atoms with Crippen LogP contribution >= 0.6 is 0 Å². The molecule has 1 aromatic rings. The first-order valence-electron chi connectivity index (χ1n) is 5.49. The van der Waals surface area contributed by atoms with E-state index in [1.165, 1.54) is 31.7 Å². The molecule has 1 heterocycles. The van der Waals surface area contributed by atoms with Crippen molar-refractivity contribution in [2.24, 2.45) is 0 Å². The molecule has 0 bridgehead atoms. The van der Waals surface area contributed by atoms with Gasteiger partial charge in [0.15, 0.2) is 0 Å². The first-order chi connectivity index (χ1) is 7.24. The molecule has 0 amide bonds. The molecule has 2 rings (SSSR count). The number of piperazine rings is 1. The van der Waals surface area contributed by atoms with Gasteiger partial charge < -0.3 is 11.0 Å². The standard InChI is InChI=1S/C12H17BN2.2H2O/c1-14-6-8-15(9-7-14)10-11-2-4-12(13)5-3-11;;/h2-5H,6-10H2,1H3;2*1H2/q+2;;/p-2. The number of rotatable bonds is 2. The van der Waals surface area contributed by atoms with E-state index in [9.17, 15) is 0 Å². The number of hydrogen-bond acceptors (Lipinski definition) is 4. The quantitative estimate of drug-likeness (QED) is 0.669. The van der Waals surface area contributed by atoms with Gasteiger partial charge >= 0.3 is 92.7 Å². The molecule has 0 radical (unpaired) electrons. The van der Waals surface area contributed by atoms with Crippen LogP contribution < -0.4 is 5.46 Å². The normalized spacial score (nSPS) is 17.1. The zero-order chi connectivity index (χ0) is 10.7. The van der Waals surface area contributed by atoms with Crippen molar-refractivity contribution in [3.8, 4) is 0 Å². The van der Waals surface area contributed by atoms with E-state index in [1.54, 1.807) is 0 Å². The molecule has 17 heavy (non-hydrogen) atoms. The van der Waals surface area contributed by atoms with Gasteiger partial charge in [-0.2, -0.15) is 0 Å². The molecule has 0 aliphatic carbocycles. The van der Waals surface area contributed by atoms with Crippen molar-refractivity contribution in [3.05, 3.63) is 29.8 Å². The van der Waals surface area contributed by atoms with Crippen molar-refractivity contribution in [2.45, 2.75) is 6.54 Å². The van der Waals surface area contributed by atoms with Gasteiger partial charge in [0.1, 0.15) is 0 Å². The molecule has 1 aromatic carbocycles. The molecule has 4 nitrogen and oxygen atoms in total. The maximum Gasteiger partial charge on any atom is -0.870 e. The Kier molecular flexibility index (Phi) is 7.07. The summed E-state index contributed by atoms with van der Waals surface area (Å²) in [6, 6.07) is 8.19. The Labute approximate surface area is 104 Å². The van der Waals surface area contributed by atoms with Crippen molar-refractivity contribution >= 4 is 13.3 Å². The Morgan fingerprint density at radius 3 is 2.06 bits per heavy atom. The summed E-state index contributed by atoms with van der Waals surface area (Å²) in [6.45, 7) is 5.74. The van der Waals surface area contributed by atoms with Gasteiger partial charge in [0, 0.05) is 0 Å². The maximum absolute atomic E-state index is 5.66. The number of likely N-dealkylation sites (N-methyl/N-ethyl adjacent to an activating group) is 1. The Hall–Kier alpha value is -0.875. The van der Waals surface area contributed by atoms with Gasteiger partial charge in [-0.05, 0) is 0 Å². The first-order valence-corrected chi connectivity index (χ1v) is 5.49. The molecule has 0 atom stereocenters. The van der Waals surface area contributed by atoms with E-state index in [1.807, 2.05) is 12.1 Å². The van der Waals surface area contributed by atoms with Gasteiger partial charge in [0.25, 0.3) is 0 Å². The van der Waals surface area contributed by atoms with Crippen LogP contribution in [-0.2, 0) is 6.54 Å². The fourth-order valence-electron chi connectivity index (χ4n) is 1.89. The fraction of sp³-hybridized carbons (Fsp3) is 0.500. The van der Waals surface area contributed by atoms with Crippen LogP contribution in [0.1, 0.15) is 5.56 Å². The van der Waals surface area contributed by atoms with Crippen molar-refractivity contribution in [1.29, 1.82) is 0 Å². The average Bonchev–Trinajstić information content (AvgIpc) is 2.25. The van der Waals surface area contributed by atoms with E-state index >= 15 is 0 Å². The van der Waals surface area contributed by atoms with Crippen molar-refractivity contribution < 1.29 is 11.0 Å². The van der Waals surface area contributed by atoms with Crippen LogP contribution in [0.25, 0.3) is 0 Å². The first kappa shape index (κ1) is 16.1. The summed E-state index contributed by atoms with van der Waals surface area (Å²) in [5.74, 6) is 0. The summed E-state index contributed by atoms with van der Waals surface area (Å²) in [7, 11) is 7.84. The molecule has 5 heteroatoms.